The summed E-state index contributed by atoms with van der Waals surface area (Å²) >= 11 is 0. The first-order chi connectivity index (χ1) is 13.5. The summed E-state index contributed by atoms with van der Waals surface area (Å²) in [6, 6.07) is 7.72. The minimum Gasteiger partial charge on any atom is -0.493 e. The molecule has 0 radical (unpaired) electrons. The highest BCUT2D eigenvalue weighted by molar-refractivity contribution is 5.54. The number of benzene rings is 2. The lowest BCUT2D eigenvalue weighted by atomic mass is 10.1. The van der Waals surface area contributed by atoms with Gasteiger partial charge in [-0.05, 0) is 29.8 Å². The van der Waals surface area contributed by atoms with Crippen molar-refractivity contribution in [2.24, 2.45) is 0 Å². The third-order valence-corrected chi connectivity index (χ3v) is 5.21. The van der Waals surface area contributed by atoms with E-state index in [1.807, 2.05) is 17.0 Å². The number of quaternary nitrogens is 1. The Morgan fingerprint density at radius 1 is 0.929 bits per heavy atom. The molecule has 1 aliphatic heterocycles. The quantitative estimate of drug-likeness (QED) is 0.780. The van der Waals surface area contributed by atoms with Crippen molar-refractivity contribution in [1.29, 1.82) is 0 Å². The monoisotopic (exact) mass is 393 g/mol. The van der Waals surface area contributed by atoms with E-state index in [0.717, 1.165) is 50.8 Å². The van der Waals surface area contributed by atoms with Crippen LogP contribution in [0.5, 0.6) is 17.2 Å². The van der Waals surface area contributed by atoms with E-state index in [9.17, 15) is 8.78 Å². The summed E-state index contributed by atoms with van der Waals surface area (Å²) in [6.45, 7) is 4.25. The van der Waals surface area contributed by atoms with Crippen molar-refractivity contribution in [2.75, 3.05) is 59.0 Å². The van der Waals surface area contributed by atoms with E-state index < -0.39 is 11.6 Å². The predicted octanol–water partition coefficient (Wildman–Crippen LogP) is 1.94. The number of rotatable bonds is 7. The van der Waals surface area contributed by atoms with E-state index in [1.54, 1.807) is 21.3 Å². The average molecular weight is 393 g/mol. The Morgan fingerprint density at radius 3 is 2.11 bits per heavy atom. The molecule has 0 aliphatic carbocycles. The van der Waals surface area contributed by atoms with Crippen molar-refractivity contribution in [3.63, 3.8) is 0 Å². The zero-order chi connectivity index (χ0) is 20.1. The maximum absolute atomic E-state index is 14.0. The lowest BCUT2D eigenvalue weighted by Gasteiger charge is -2.33. The van der Waals surface area contributed by atoms with Crippen LogP contribution in [0.15, 0.2) is 30.3 Å². The second-order valence-corrected chi connectivity index (χ2v) is 6.87. The van der Waals surface area contributed by atoms with E-state index in [4.69, 9.17) is 14.2 Å². The summed E-state index contributed by atoms with van der Waals surface area (Å²) in [5.41, 5.74) is 1.60. The number of piperazine rings is 1. The highest BCUT2D eigenvalue weighted by Gasteiger charge is 2.22. The fraction of sp³-hybridized carbons (Fsp3) is 0.429. The third-order valence-electron chi connectivity index (χ3n) is 5.21. The lowest BCUT2D eigenvalue weighted by molar-refractivity contribution is -0.900. The van der Waals surface area contributed by atoms with Gasteiger partial charge < -0.3 is 24.0 Å². The molecule has 28 heavy (non-hydrogen) atoms. The second kappa shape index (κ2) is 9.10. The Bertz CT molecular complexity index is 783. The number of halogens is 2. The van der Waals surface area contributed by atoms with Crippen molar-refractivity contribution in [3.8, 4) is 17.2 Å². The normalized spacial score (nSPS) is 14.8. The van der Waals surface area contributed by atoms with Crippen LogP contribution in [-0.2, 0) is 6.42 Å². The van der Waals surface area contributed by atoms with E-state index in [1.165, 1.54) is 17.0 Å². The van der Waals surface area contributed by atoms with Crippen LogP contribution in [0.3, 0.4) is 0 Å². The minimum atomic E-state index is -0.546. The molecule has 0 amide bonds. The molecule has 0 atom stereocenters. The third kappa shape index (κ3) is 4.47. The SMILES string of the molecule is COc1cc(CC[NH+]2CCN(c3ccc(F)cc3F)CC2)cc(OC)c1OC. The highest BCUT2D eigenvalue weighted by Crippen LogP contribution is 2.38. The van der Waals surface area contributed by atoms with Crippen LogP contribution in [0.25, 0.3) is 0 Å². The second-order valence-electron chi connectivity index (χ2n) is 6.87. The summed E-state index contributed by atoms with van der Waals surface area (Å²) in [7, 11) is 4.81. The maximum Gasteiger partial charge on any atom is 0.203 e. The van der Waals surface area contributed by atoms with Gasteiger partial charge >= 0.3 is 0 Å². The molecule has 152 valence electrons. The van der Waals surface area contributed by atoms with Crippen LogP contribution >= 0.6 is 0 Å². The van der Waals surface area contributed by atoms with Crippen LogP contribution in [0.1, 0.15) is 5.56 Å². The first-order valence-corrected chi connectivity index (χ1v) is 9.38. The van der Waals surface area contributed by atoms with Crippen LogP contribution < -0.4 is 24.0 Å². The number of ether oxygens (including phenoxy) is 3. The first kappa shape index (κ1) is 20.2. The van der Waals surface area contributed by atoms with Gasteiger partial charge in [0.2, 0.25) is 5.75 Å². The standard InChI is InChI=1S/C21H26F2N2O3/c1-26-19-12-15(13-20(27-2)21(19)28-3)6-7-24-8-10-25(11-9-24)18-5-4-16(22)14-17(18)23/h4-5,12-14H,6-11H2,1-3H3/p+1. The highest BCUT2D eigenvalue weighted by atomic mass is 19.1. The molecule has 7 heteroatoms. The number of nitrogens with one attached hydrogen (secondary N) is 1. The molecule has 0 spiro atoms. The molecule has 1 heterocycles. The van der Waals surface area contributed by atoms with Gasteiger partial charge in [0.25, 0.3) is 0 Å². The maximum atomic E-state index is 14.0. The van der Waals surface area contributed by atoms with Crippen molar-refractivity contribution < 1.29 is 27.9 Å². The summed E-state index contributed by atoms with van der Waals surface area (Å²) < 4.78 is 43.3. The average Bonchev–Trinajstić information content (AvgIpc) is 2.72. The van der Waals surface area contributed by atoms with E-state index >= 15 is 0 Å². The zero-order valence-electron chi connectivity index (χ0n) is 16.6. The Morgan fingerprint density at radius 2 is 1.57 bits per heavy atom. The van der Waals surface area contributed by atoms with Crippen LogP contribution in [0, 0.1) is 11.6 Å². The van der Waals surface area contributed by atoms with Crippen molar-refractivity contribution in [1.82, 2.24) is 0 Å². The topological polar surface area (TPSA) is 35.4 Å². The van der Waals surface area contributed by atoms with Gasteiger partial charge in [-0.2, -0.15) is 0 Å². The number of hydrogen-bond donors (Lipinski definition) is 1. The van der Waals surface area contributed by atoms with Gasteiger partial charge in [0, 0.05) is 12.5 Å². The molecule has 0 aromatic heterocycles. The van der Waals surface area contributed by atoms with Crippen molar-refractivity contribution in [2.45, 2.75) is 6.42 Å². The largest absolute Gasteiger partial charge is 0.493 e. The Hall–Kier alpha value is -2.54. The molecule has 1 saturated heterocycles. The minimum absolute atomic E-state index is 0.477. The Labute approximate surface area is 164 Å². The molecule has 2 aromatic rings. The van der Waals surface area contributed by atoms with Gasteiger partial charge in [0.1, 0.15) is 11.6 Å². The van der Waals surface area contributed by atoms with E-state index in [-0.39, 0.29) is 0 Å². The lowest BCUT2D eigenvalue weighted by Crippen LogP contribution is -3.15. The van der Waals surface area contributed by atoms with Crippen LogP contribution in [0.4, 0.5) is 14.5 Å². The van der Waals surface area contributed by atoms with E-state index in [0.29, 0.717) is 22.9 Å². The summed E-state index contributed by atoms with van der Waals surface area (Å²) in [4.78, 5) is 3.44. The summed E-state index contributed by atoms with van der Waals surface area (Å²) in [5, 5.41) is 0. The molecule has 0 bridgehead atoms. The molecule has 1 N–H and O–H groups in total. The van der Waals surface area contributed by atoms with E-state index in [2.05, 4.69) is 0 Å². The molecule has 1 aliphatic rings. The number of methoxy groups -OCH3 is 3. The van der Waals surface area contributed by atoms with Gasteiger partial charge in [-0.25, -0.2) is 8.78 Å². The fourth-order valence-corrected chi connectivity index (χ4v) is 3.65. The smallest absolute Gasteiger partial charge is 0.203 e. The van der Waals surface area contributed by atoms with Crippen molar-refractivity contribution >= 4 is 5.69 Å². The molecule has 3 rings (SSSR count). The predicted molar refractivity (Wildman–Crippen MR) is 104 cm³/mol. The molecule has 0 unspecified atom stereocenters. The molecule has 5 nitrogen and oxygen atoms in total. The Kier molecular flexibility index (Phi) is 6.57. The number of anilines is 1. The van der Waals surface area contributed by atoms with Crippen LogP contribution in [0.2, 0.25) is 0 Å². The summed E-state index contributed by atoms with van der Waals surface area (Å²) in [5.74, 6) is 0.861. The zero-order valence-corrected chi connectivity index (χ0v) is 16.6. The number of hydrogen-bond acceptors (Lipinski definition) is 4. The first-order valence-electron chi connectivity index (χ1n) is 9.38. The molecule has 0 saturated carbocycles. The molecule has 1 fully saturated rings. The van der Waals surface area contributed by atoms with Crippen LogP contribution in [-0.4, -0.2) is 54.1 Å². The molecular weight excluding hydrogens is 366 g/mol. The van der Waals surface area contributed by atoms with Gasteiger partial charge in [0.05, 0.1) is 59.7 Å². The fourth-order valence-electron chi connectivity index (χ4n) is 3.65. The van der Waals surface area contributed by atoms with Gasteiger partial charge in [-0.15, -0.1) is 0 Å². The van der Waals surface area contributed by atoms with Crippen molar-refractivity contribution in [3.05, 3.63) is 47.5 Å². The number of nitrogens with zero attached hydrogens (tertiary/aromatic N) is 1. The Balaban J connectivity index is 1.58. The summed E-state index contributed by atoms with van der Waals surface area (Å²) in [6.07, 6.45) is 0.872. The van der Waals surface area contributed by atoms with Gasteiger partial charge in [-0.3, -0.25) is 0 Å². The van der Waals surface area contributed by atoms with Gasteiger partial charge in [0.15, 0.2) is 11.5 Å². The molecule has 2 aromatic carbocycles. The van der Waals surface area contributed by atoms with Gasteiger partial charge in [-0.1, -0.05) is 0 Å². The molecular formula is C21H27F2N2O3+.